The Morgan fingerprint density at radius 1 is 1.25 bits per heavy atom. The summed E-state index contributed by atoms with van der Waals surface area (Å²) in [5.41, 5.74) is 8.66. The van der Waals surface area contributed by atoms with Crippen LogP contribution in [-0.4, -0.2) is 48.4 Å². The molecular weight excluding hydrogens is 252 g/mol. The van der Waals surface area contributed by atoms with Crippen LogP contribution < -0.4 is 5.73 Å². The Kier molecular flexibility index (Phi) is 4.20. The lowest BCUT2D eigenvalue weighted by molar-refractivity contribution is -0.129. The van der Waals surface area contributed by atoms with Crippen LogP contribution in [0.2, 0.25) is 0 Å². The maximum absolute atomic E-state index is 11.7. The van der Waals surface area contributed by atoms with E-state index in [1.165, 1.54) is 0 Å². The number of nitrogens with zero attached hydrogens (tertiary/aromatic N) is 3. The predicted molar refractivity (Wildman–Crippen MR) is 81.2 cm³/mol. The number of pyridine rings is 1. The van der Waals surface area contributed by atoms with Crippen LogP contribution in [0.25, 0.3) is 10.9 Å². The maximum Gasteiger partial charge on any atom is 0.236 e. The second-order valence-electron chi connectivity index (χ2n) is 5.17. The largest absolute Gasteiger partial charge is 0.398 e. The fraction of sp³-hybridized carbons (Fsp3) is 0.333. The average molecular weight is 272 g/mol. The van der Waals surface area contributed by atoms with Crippen molar-refractivity contribution in [2.45, 2.75) is 6.54 Å². The van der Waals surface area contributed by atoms with Gasteiger partial charge in [-0.05, 0) is 30.8 Å². The van der Waals surface area contributed by atoms with E-state index in [1.54, 1.807) is 25.2 Å². The van der Waals surface area contributed by atoms with Gasteiger partial charge in [0.05, 0.1) is 12.1 Å². The Balaban J connectivity index is 2.22. The molecule has 106 valence electrons. The zero-order chi connectivity index (χ0) is 14.7. The number of aromatic nitrogens is 1. The summed E-state index contributed by atoms with van der Waals surface area (Å²) in [6, 6.07) is 7.70. The number of carbonyl (C=O) groups is 1. The number of likely N-dealkylation sites (N-methyl/N-ethyl adjacent to an activating group) is 2. The van der Waals surface area contributed by atoms with Crippen molar-refractivity contribution >= 4 is 22.5 Å². The molecule has 0 radical (unpaired) electrons. The molecule has 0 aliphatic carbocycles. The summed E-state index contributed by atoms with van der Waals surface area (Å²) in [7, 11) is 5.44. The number of hydrogen-bond acceptors (Lipinski definition) is 4. The third-order valence-corrected chi connectivity index (χ3v) is 3.23. The normalized spacial score (nSPS) is 11.0. The first-order valence-electron chi connectivity index (χ1n) is 6.50. The Morgan fingerprint density at radius 3 is 2.70 bits per heavy atom. The van der Waals surface area contributed by atoms with Gasteiger partial charge in [0.25, 0.3) is 0 Å². The molecule has 0 aliphatic rings. The molecule has 0 aliphatic heterocycles. The zero-order valence-electron chi connectivity index (χ0n) is 12.1. The molecule has 0 bridgehead atoms. The monoisotopic (exact) mass is 272 g/mol. The Hall–Kier alpha value is -2.14. The van der Waals surface area contributed by atoms with Gasteiger partial charge in [-0.3, -0.25) is 14.7 Å². The van der Waals surface area contributed by atoms with Crippen molar-refractivity contribution < 1.29 is 4.79 Å². The van der Waals surface area contributed by atoms with Gasteiger partial charge in [-0.2, -0.15) is 0 Å². The molecule has 5 heteroatoms. The minimum atomic E-state index is 0.0835. The summed E-state index contributed by atoms with van der Waals surface area (Å²) < 4.78 is 0. The van der Waals surface area contributed by atoms with E-state index in [-0.39, 0.29) is 5.91 Å². The average Bonchev–Trinajstić information content (AvgIpc) is 2.42. The van der Waals surface area contributed by atoms with Crippen molar-refractivity contribution in [3.8, 4) is 0 Å². The van der Waals surface area contributed by atoms with Crippen LogP contribution in [0.3, 0.4) is 0 Å². The lowest BCUT2D eigenvalue weighted by Crippen LogP contribution is -2.34. The zero-order valence-corrected chi connectivity index (χ0v) is 12.1. The molecule has 0 spiro atoms. The van der Waals surface area contributed by atoms with Crippen molar-refractivity contribution in [2.75, 3.05) is 33.4 Å². The fourth-order valence-corrected chi connectivity index (χ4v) is 2.10. The minimum absolute atomic E-state index is 0.0835. The second kappa shape index (κ2) is 5.88. The molecule has 0 saturated carbocycles. The van der Waals surface area contributed by atoms with Crippen molar-refractivity contribution in [1.82, 2.24) is 14.8 Å². The molecule has 2 rings (SSSR count). The van der Waals surface area contributed by atoms with Gasteiger partial charge >= 0.3 is 0 Å². The van der Waals surface area contributed by atoms with Crippen LogP contribution in [0, 0.1) is 0 Å². The van der Waals surface area contributed by atoms with E-state index in [0.29, 0.717) is 13.1 Å². The van der Waals surface area contributed by atoms with Gasteiger partial charge in [0.15, 0.2) is 0 Å². The van der Waals surface area contributed by atoms with Crippen molar-refractivity contribution in [3.05, 3.63) is 36.0 Å². The topological polar surface area (TPSA) is 62.5 Å². The van der Waals surface area contributed by atoms with Gasteiger partial charge in [0.1, 0.15) is 0 Å². The van der Waals surface area contributed by atoms with Gasteiger partial charge in [-0.25, -0.2) is 0 Å². The van der Waals surface area contributed by atoms with Gasteiger partial charge < -0.3 is 10.6 Å². The number of hydrogen-bond donors (Lipinski definition) is 1. The minimum Gasteiger partial charge on any atom is -0.398 e. The number of anilines is 1. The summed E-state index contributed by atoms with van der Waals surface area (Å²) in [5, 5.41) is 0.956. The highest BCUT2D eigenvalue weighted by Gasteiger charge is 2.11. The summed E-state index contributed by atoms with van der Waals surface area (Å²) in [6.45, 7) is 1.04. The Morgan fingerprint density at radius 2 is 2.00 bits per heavy atom. The van der Waals surface area contributed by atoms with E-state index in [9.17, 15) is 4.79 Å². The van der Waals surface area contributed by atoms with Crippen LogP contribution in [0.4, 0.5) is 5.69 Å². The first kappa shape index (κ1) is 14.3. The molecule has 0 unspecified atom stereocenters. The summed E-state index contributed by atoms with van der Waals surface area (Å²) >= 11 is 0. The molecule has 0 atom stereocenters. The number of rotatable bonds is 4. The SMILES string of the molecule is CN(CC(=O)N(C)C)Cc1ccc(N)c2cccnc12. The van der Waals surface area contributed by atoms with E-state index in [1.807, 2.05) is 36.2 Å². The maximum atomic E-state index is 11.7. The lowest BCUT2D eigenvalue weighted by atomic mass is 10.1. The van der Waals surface area contributed by atoms with Crippen molar-refractivity contribution in [1.29, 1.82) is 0 Å². The number of nitrogens with two attached hydrogens (primary N) is 1. The lowest BCUT2D eigenvalue weighted by Gasteiger charge is -2.19. The fourth-order valence-electron chi connectivity index (χ4n) is 2.10. The van der Waals surface area contributed by atoms with Crippen molar-refractivity contribution in [2.24, 2.45) is 0 Å². The summed E-state index contributed by atoms with van der Waals surface area (Å²) in [6.07, 6.45) is 1.76. The van der Waals surface area contributed by atoms with Gasteiger partial charge in [-0.15, -0.1) is 0 Å². The van der Waals surface area contributed by atoms with Crippen LogP contribution in [-0.2, 0) is 11.3 Å². The molecule has 1 aromatic carbocycles. The van der Waals surface area contributed by atoms with Crippen LogP contribution >= 0.6 is 0 Å². The molecule has 1 heterocycles. The van der Waals surface area contributed by atoms with E-state index < -0.39 is 0 Å². The molecule has 0 fully saturated rings. The van der Waals surface area contributed by atoms with Gasteiger partial charge in [0.2, 0.25) is 5.91 Å². The smallest absolute Gasteiger partial charge is 0.236 e. The van der Waals surface area contributed by atoms with Crippen LogP contribution in [0.5, 0.6) is 0 Å². The molecule has 2 aromatic rings. The Labute approximate surface area is 119 Å². The molecule has 0 saturated heterocycles. The van der Waals surface area contributed by atoms with Gasteiger partial charge in [0, 0.05) is 37.9 Å². The number of amides is 1. The molecule has 1 amide bonds. The predicted octanol–water partition coefficient (Wildman–Crippen LogP) is 1.34. The molecule has 20 heavy (non-hydrogen) atoms. The standard InChI is InChI=1S/C15H20N4O/c1-18(2)14(20)10-19(3)9-11-6-7-13(16)12-5-4-8-17-15(11)12/h4-8H,9-10,16H2,1-3H3. The number of benzene rings is 1. The number of nitrogen functional groups attached to an aromatic ring is 1. The number of carbonyl (C=O) groups excluding carboxylic acids is 1. The number of fused-ring (bicyclic) bond motifs is 1. The van der Waals surface area contributed by atoms with Crippen LogP contribution in [0.1, 0.15) is 5.56 Å². The quantitative estimate of drug-likeness (QED) is 0.853. The highest BCUT2D eigenvalue weighted by molar-refractivity contribution is 5.92. The van der Waals surface area contributed by atoms with E-state index in [2.05, 4.69) is 4.98 Å². The van der Waals surface area contributed by atoms with E-state index in [0.717, 1.165) is 22.2 Å². The van der Waals surface area contributed by atoms with Gasteiger partial charge in [-0.1, -0.05) is 6.07 Å². The summed E-state index contributed by atoms with van der Waals surface area (Å²) in [5.74, 6) is 0.0835. The third-order valence-electron chi connectivity index (χ3n) is 3.23. The highest BCUT2D eigenvalue weighted by Crippen LogP contribution is 2.23. The first-order chi connectivity index (χ1) is 9.49. The molecular formula is C15H20N4O. The Bertz CT molecular complexity index is 624. The first-order valence-corrected chi connectivity index (χ1v) is 6.50. The molecule has 5 nitrogen and oxygen atoms in total. The molecule has 2 N–H and O–H groups in total. The van der Waals surface area contributed by atoms with E-state index in [4.69, 9.17) is 5.73 Å². The van der Waals surface area contributed by atoms with E-state index >= 15 is 0 Å². The third kappa shape index (κ3) is 3.05. The molecule has 1 aromatic heterocycles. The highest BCUT2D eigenvalue weighted by atomic mass is 16.2. The second-order valence-corrected chi connectivity index (χ2v) is 5.17. The van der Waals surface area contributed by atoms with Crippen molar-refractivity contribution in [3.63, 3.8) is 0 Å². The summed E-state index contributed by atoms with van der Waals surface area (Å²) in [4.78, 5) is 19.7. The van der Waals surface area contributed by atoms with Crippen LogP contribution in [0.15, 0.2) is 30.5 Å².